The number of aryl methyl sites for hydroxylation is 1. The quantitative estimate of drug-likeness (QED) is 0.487. The summed E-state index contributed by atoms with van der Waals surface area (Å²) in [7, 11) is 0. The SMILES string of the molecule is Cc1cc2c(=O)c(C(=O)Nc3cc4[nH]ccc4cc3C(F)(F)F)c[nH]c2cn1. The Morgan fingerprint density at radius 1 is 1.14 bits per heavy atom. The molecule has 0 fully saturated rings. The van der Waals surface area contributed by atoms with Crippen molar-refractivity contribution in [3.8, 4) is 0 Å². The lowest BCUT2D eigenvalue weighted by Gasteiger charge is -2.14. The Kier molecular flexibility index (Phi) is 3.95. The Hall–Kier alpha value is -3.62. The van der Waals surface area contributed by atoms with Gasteiger partial charge >= 0.3 is 6.18 Å². The lowest BCUT2D eigenvalue weighted by atomic mass is 10.1. The number of benzene rings is 1. The van der Waals surface area contributed by atoms with Crippen LogP contribution in [-0.4, -0.2) is 20.9 Å². The number of H-pyrrole nitrogens is 2. The van der Waals surface area contributed by atoms with E-state index in [0.29, 0.717) is 22.1 Å². The molecule has 1 amide bonds. The summed E-state index contributed by atoms with van der Waals surface area (Å²) < 4.78 is 40.3. The Labute approximate surface area is 155 Å². The van der Waals surface area contributed by atoms with Crippen LogP contribution in [0.5, 0.6) is 0 Å². The zero-order valence-corrected chi connectivity index (χ0v) is 14.4. The highest BCUT2D eigenvalue weighted by Crippen LogP contribution is 2.37. The average Bonchev–Trinajstić information content (AvgIpc) is 3.08. The van der Waals surface area contributed by atoms with Crippen molar-refractivity contribution < 1.29 is 18.0 Å². The first-order valence-corrected chi connectivity index (χ1v) is 8.22. The van der Waals surface area contributed by atoms with Gasteiger partial charge in [0.05, 0.1) is 23.0 Å². The minimum atomic E-state index is -4.67. The number of alkyl halides is 3. The van der Waals surface area contributed by atoms with E-state index in [9.17, 15) is 22.8 Å². The molecule has 9 heteroatoms. The molecule has 4 aromatic rings. The summed E-state index contributed by atoms with van der Waals surface area (Å²) in [6.07, 6.45) is -0.556. The number of fused-ring (bicyclic) bond motifs is 2. The first-order valence-electron chi connectivity index (χ1n) is 8.22. The van der Waals surface area contributed by atoms with Crippen molar-refractivity contribution in [3.05, 3.63) is 69.9 Å². The van der Waals surface area contributed by atoms with Gasteiger partial charge in [0.15, 0.2) is 0 Å². The van der Waals surface area contributed by atoms with E-state index in [1.54, 1.807) is 6.92 Å². The molecule has 0 radical (unpaired) electrons. The first-order chi connectivity index (χ1) is 13.2. The molecule has 0 aliphatic carbocycles. The van der Waals surface area contributed by atoms with E-state index < -0.39 is 28.8 Å². The number of amides is 1. The van der Waals surface area contributed by atoms with E-state index in [1.165, 1.54) is 30.6 Å². The number of aromatic nitrogens is 3. The molecule has 0 saturated carbocycles. The van der Waals surface area contributed by atoms with Crippen LogP contribution in [-0.2, 0) is 6.18 Å². The molecule has 3 aromatic heterocycles. The molecule has 3 heterocycles. The number of halogens is 3. The molecule has 4 rings (SSSR count). The standard InChI is InChI=1S/C19H13F3N4O2/c1-9-4-11-16(8-24-9)25-7-12(17(11)27)18(28)26-15-6-14-10(2-3-23-14)5-13(15)19(20,21)22/h2-8,23H,1H3,(H,25,27)(H,26,28). The number of nitrogens with zero attached hydrogens (tertiary/aromatic N) is 1. The lowest BCUT2D eigenvalue weighted by molar-refractivity contribution is -0.136. The van der Waals surface area contributed by atoms with Gasteiger partial charge in [0.1, 0.15) is 5.56 Å². The third-order valence-corrected chi connectivity index (χ3v) is 4.39. The van der Waals surface area contributed by atoms with Gasteiger partial charge in [-0.3, -0.25) is 14.6 Å². The molecule has 28 heavy (non-hydrogen) atoms. The van der Waals surface area contributed by atoms with Gasteiger partial charge in [-0.2, -0.15) is 13.2 Å². The van der Waals surface area contributed by atoms with Crippen LogP contribution in [0.25, 0.3) is 21.8 Å². The molecule has 3 N–H and O–H groups in total. The third-order valence-electron chi connectivity index (χ3n) is 4.39. The number of carbonyl (C=O) groups excluding carboxylic acids is 1. The molecule has 0 atom stereocenters. The van der Waals surface area contributed by atoms with Gasteiger partial charge in [-0.1, -0.05) is 0 Å². The second-order valence-electron chi connectivity index (χ2n) is 6.32. The van der Waals surface area contributed by atoms with Gasteiger partial charge < -0.3 is 15.3 Å². The number of aromatic amines is 2. The summed E-state index contributed by atoms with van der Waals surface area (Å²) in [5.74, 6) is -0.936. The predicted molar refractivity (Wildman–Crippen MR) is 98.4 cm³/mol. The fraction of sp³-hybridized carbons (Fsp3) is 0.105. The number of anilines is 1. The molecule has 0 spiro atoms. The van der Waals surface area contributed by atoms with Crippen molar-refractivity contribution in [2.75, 3.05) is 5.32 Å². The Morgan fingerprint density at radius 2 is 1.93 bits per heavy atom. The minimum absolute atomic E-state index is 0.232. The lowest BCUT2D eigenvalue weighted by Crippen LogP contribution is -2.23. The number of nitrogens with one attached hydrogen (secondary N) is 3. The van der Waals surface area contributed by atoms with E-state index in [2.05, 4.69) is 20.3 Å². The molecule has 6 nitrogen and oxygen atoms in total. The number of rotatable bonds is 2. The van der Waals surface area contributed by atoms with Gasteiger partial charge in [0.2, 0.25) is 5.43 Å². The minimum Gasteiger partial charge on any atom is -0.361 e. The van der Waals surface area contributed by atoms with Crippen LogP contribution >= 0.6 is 0 Å². The zero-order valence-electron chi connectivity index (χ0n) is 14.4. The van der Waals surface area contributed by atoms with E-state index in [0.717, 1.165) is 12.3 Å². The van der Waals surface area contributed by atoms with Crippen LogP contribution < -0.4 is 10.7 Å². The molecule has 0 aliphatic heterocycles. The van der Waals surface area contributed by atoms with Crippen molar-refractivity contribution in [3.63, 3.8) is 0 Å². The van der Waals surface area contributed by atoms with Gasteiger partial charge in [0, 0.05) is 34.4 Å². The summed E-state index contributed by atoms with van der Waals surface area (Å²) in [6, 6.07) is 5.15. The van der Waals surface area contributed by atoms with Crippen molar-refractivity contribution >= 4 is 33.4 Å². The third kappa shape index (κ3) is 3.00. The Balaban J connectivity index is 1.79. The van der Waals surface area contributed by atoms with Crippen molar-refractivity contribution in [1.29, 1.82) is 0 Å². The molecular formula is C19H13F3N4O2. The van der Waals surface area contributed by atoms with E-state index in [-0.39, 0.29) is 10.9 Å². The highest BCUT2D eigenvalue weighted by molar-refractivity contribution is 6.07. The van der Waals surface area contributed by atoms with E-state index in [1.807, 2.05) is 0 Å². The fourth-order valence-electron chi connectivity index (χ4n) is 3.02. The largest absolute Gasteiger partial charge is 0.418 e. The summed E-state index contributed by atoms with van der Waals surface area (Å²) in [4.78, 5) is 34.8. The molecule has 0 bridgehead atoms. The van der Waals surface area contributed by atoms with Crippen LogP contribution in [0.1, 0.15) is 21.6 Å². The Morgan fingerprint density at radius 3 is 2.68 bits per heavy atom. The summed E-state index contributed by atoms with van der Waals surface area (Å²) >= 11 is 0. The average molecular weight is 386 g/mol. The maximum atomic E-state index is 13.4. The zero-order chi connectivity index (χ0) is 20.1. The van der Waals surface area contributed by atoms with Gasteiger partial charge in [-0.25, -0.2) is 0 Å². The Bertz CT molecular complexity index is 1290. The van der Waals surface area contributed by atoms with Crippen LogP contribution in [0.3, 0.4) is 0 Å². The second kappa shape index (κ2) is 6.22. The molecule has 1 aromatic carbocycles. The molecule has 142 valence electrons. The number of carbonyl (C=O) groups is 1. The second-order valence-corrected chi connectivity index (χ2v) is 6.32. The molecule has 0 unspecified atom stereocenters. The highest BCUT2D eigenvalue weighted by atomic mass is 19.4. The normalized spacial score (nSPS) is 11.9. The molecule has 0 aliphatic rings. The van der Waals surface area contributed by atoms with E-state index >= 15 is 0 Å². The fourth-order valence-corrected chi connectivity index (χ4v) is 3.02. The van der Waals surface area contributed by atoms with Gasteiger partial charge in [-0.05, 0) is 31.2 Å². The number of pyridine rings is 2. The van der Waals surface area contributed by atoms with Crippen LogP contribution in [0.15, 0.2) is 47.7 Å². The molecular weight excluding hydrogens is 373 g/mol. The van der Waals surface area contributed by atoms with E-state index in [4.69, 9.17) is 0 Å². The summed E-state index contributed by atoms with van der Waals surface area (Å²) in [5, 5.41) is 2.81. The van der Waals surface area contributed by atoms with Crippen molar-refractivity contribution in [1.82, 2.24) is 15.0 Å². The van der Waals surface area contributed by atoms with Crippen molar-refractivity contribution in [2.24, 2.45) is 0 Å². The summed E-state index contributed by atoms with van der Waals surface area (Å²) in [6.45, 7) is 1.69. The van der Waals surface area contributed by atoms with Crippen LogP contribution in [0, 0.1) is 6.92 Å². The monoisotopic (exact) mass is 386 g/mol. The van der Waals surface area contributed by atoms with Crippen LogP contribution in [0.2, 0.25) is 0 Å². The number of hydrogen-bond acceptors (Lipinski definition) is 3. The van der Waals surface area contributed by atoms with Gasteiger partial charge in [-0.15, -0.1) is 0 Å². The van der Waals surface area contributed by atoms with Gasteiger partial charge in [0.25, 0.3) is 5.91 Å². The predicted octanol–water partition coefficient (Wildman–Crippen LogP) is 3.98. The maximum Gasteiger partial charge on any atom is 0.418 e. The van der Waals surface area contributed by atoms with Crippen LogP contribution in [0.4, 0.5) is 18.9 Å². The highest BCUT2D eigenvalue weighted by Gasteiger charge is 2.34. The first kappa shape index (κ1) is 17.8. The number of hydrogen-bond donors (Lipinski definition) is 3. The topological polar surface area (TPSA) is 90.6 Å². The summed E-state index contributed by atoms with van der Waals surface area (Å²) in [5.41, 5.74) is -0.882. The molecule has 0 saturated heterocycles. The smallest absolute Gasteiger partial charge is 0.361 e. The van der Waals surface area contributed by atoms with Crippen molar-refractivity contribution in [2.45, 2.75) is 13.1 Å². The maximum absolute atomic E-state index is 13.4.